The van der Waals surface area contributed by atoms with Gasteiger partial charge in [-0.1, -0.05) is 6.07 Å². The second-order valence-corrected chi connectivity index (χ2v) is 12.8. The summed E-state index contributed by atoms with van der Waals surface area (Å²) in [5.74, 6) is -0.533. The molecule has 2 aromatic heterocycles. The SMILES string of the molecule is O=C(Nc1ccc(S(=O)(=O)Nc2nccs2)cc1)C1CCN(S(=O)(=O)c2cccs2)CC1. The van der Waals surface area contributed by atoms with E-state index in [1.54, 1.807) is 22.9 Å². The minimum atomic E-state index is -3.76. The normalized spacial score (nSPS) is 16.0. The van der Waals surface area contributed by atoms with E-state index in [-0.39, 0.29) is 34.9 Å². The van der Waals surface area contributed by atoms with Crippen molar-refractivity contribution in [3.63, 3.8) is 0 Å². The van der Waals surface area contributed by atoms with Gasteiger partial charge in [0.25, 0.3) is 20.0 Å². The molecular formula is C19H20N4O5S4. The van der Waals surface area contributed by atoms with Crippen molar-refractivity contribution in [3.8, 4) is 0 Å². The first-order valence-electron chi connectivity index (χ1n) is 9.62. The van der Waals surface area contributed by atoms with Gasteiger partial charge >= 0.3 is 0 Å². The molecule has 2 N–H and O–H groups in total. The van der Waals surface area contributed by atoms with Crippen LogP contribution in [0.1, 0.15) is 12.8 Å². The van der Waals surface area contributed by atoms with Crippen LogP contribution in [0.4, 0.5) is 10.8 Å². The van der Waals surface area contributed by atoms with Crippen LogP contribution in [0.5, 0.6) is 0 Å². The summed E-state index contributed by atoms with van der Waals surface area (Å²) in [6, 6.07) is 9.12. The lowest BCUT2D eigenvalue weighted by molar-refractivity contribution is -0.120. The van der Waals surface area contributed by atoms with Gasteiger partial charge in [-0.25, -0.2) is 21.8 Å². The van der Waals surface area contributed by atoms with Crippen molar-refractivity contribution in [1.29, 1.82) is 0 Å². The topological polar surface area (TPSA) is 126 Å². The van der Waals surface area contributed by atoms with Gasteiger partial charge in [0, 0.05) is 36.3 Å². The van der Waals surface area contributed by atoms with Crippen molar-refractivity contribution < 1.29 is 21.6 Å². The van der Waals surface area contributed by atoms with Crippen LogP contribution in [0.3, 0.4) is 0 Å². The molecule has 0 atom stereocenters. The van der Waals surface area contributed by atoms with E-state index in [4.69, 9.17) is 0 Å². The second kappa shape index (κ2) is 9.27. The average Bonchev–Trinajstić information content (AvgIpc) is 3.49. The molecule has 1 aromatic carbocycles. The van der Waals surface area contributed by atoms with E-state index >= 15 is 0 Å². The molecule has 0 saturated carbocycles. The average molecular weight is 513 g/mol. The number of hydrogen-bond donors (Lipinski definition) is 2. The molecular weight excluding hydrogens is 493 g/mol. The number of thiophene rings is 1. The first-order valence-corrected chi connectivity index (χ1v) is 14.3. The Kier molecular flexibility index (Phi) is 6.62. The number of thiazole rings is 1. The summed E-state index contributed by atoms with van der Waals surface area (Å²) < 4.78 is 54.1. The van der Waals surface area contributed by atoms with Gasteiger partial charge < -0.3 is 5.32 Å². The van der Waals surface area contributed by atoms with E-state index in [0.29, 0.717) is 22.7 Å². The lowest BCUT2D eigenvalue weighted by atomic mass is 9.97. The smallest absolute Gasteiger partial charge is 0.263 e. The molecule has 1 amide bonds. The molecule has 1 aliphatic heterocycles. The fourth-order valence-electron chi connectivity index (χ4n) is 3.31. The van der Waals surface area contributed by atoms with Crippen molar-refractivity contribution >= 4 is 59.4 Å². The molecule has 0 aliphatic carbocycles. The summed E-state index contributed by atoms with van der Waals surface area (Å²) >= 11 is 2.35. The van der Waals surface area contributed by atoms with Crippen LogP contribution in [0.15, 0.2) is 62.5 Å². The number of rotatable bonds is 7. The van der Waals surface area contributed by atoms with Gasteiger partial charge in [0.1, 0.15) is 4.21 Å². The summed E-state index contributed by atoms with van der Waals surface area (Å²) in [7, 11) is -7.27. The fourth-order valence-corrected chi connectivity index (χ4v) is 7.71. The molecule has 0 unspecified atom stereocenters. The van der Waals surface area contributed by atoms with Crippen LogP contribution in [-0.2, 0) is 24.8 Å². The molecule has 3 heterocycles. The van der Waals surface area contributed by atoms with Crippen molar-refractivity contribution in [3.05, 3.63) is 53.4 Å². The van der Waals surface area contributed by atoms with Crippen LogP contribution >= 0.6 is 22.7 Å². The van der Waals surface area contributed by atoms with E-state index in [2.05, 4.69) is 15.0 Å². The van der Waals surface area contributed by atoms with Crippen molar-refractivity contribution in [2.24, 2.45) is 5.92 Å². The Morgan fingerprint density at radius 2 is 1.72 bits per heavy atom. The van der Waals surface area contributed by atoms with Crippen molar-refractivity contribution in [2.45, 2.75) is 21.9 Å². The Hall–Kier alpha value is -2.32. The third-order valence-electron chi connectivity index (χ3n) is 5.00. The quantitative estimate of drug-likeness (QED) is 0.501. The zero-order valence-electron chi connectivity index (χ0n) is 16.7. The first-order chi connectivity index (χ1) is 15.3. The summed E-state index contributed by atoms with van der Waals surface area (Å²) in [6.07, 6.45) is 2.34. The number of hydrogen-bond acceptors (Lipinski definition) is 8. The standard InChI is InChI=1S/C19H20N4O5S4/c24-18(14-7-10-23(11-8-14)32(27,28)17-2-1-12-29-17)21-15-3-5-16(6-4-15)31(25,26)22-19-20-9-13-30-19/h1-6,9,12-14H,7-8,10-11H2,(H,20,22)(H,21,24). The molecule has 1 aliphatic rings. The number of benzene rings is 1. The van der Waals surface area contributed by atoms with Gasteiger partial charge in [-0.15, -0.1) is 22.7 Å². The summed E-state index contributed by atoms with van der Waals surface area (Å²) in [5, 5.41) is 6.45. The highest BCUT2D eigenvalue weighted by Crippen LogP contribution is 2.27. The number of nitrogens with one attached hydrogen (secondary N) is 2. The molecule has 32 heavy (non-hydrogen) atoms. The van der Waals surface area contributed by atoms with Crippen LogP contribution in [0.25, 0.3) is 0 Å². The van der Waals surface area contributed by atoms with Gasteiger partial charge in [0.05, 0.1) is 4.90 Å². The second-order valence-electron chi connectivity index (χ2n) is 7.07. The maximum Gasteiger partial charge on any atom is 0.263 e. The van der Waals surface area contributed by atoms with Gasteiger partial charge in [0.2, 0.25) is 5.91 Å². The number of amides is 1. The lowest BCUT2D eigenvalue weighted by Crippen LogP contribution is -2.41. The summed E-state index contributed by atoms with van der Waals surface area (Å²) in [4.78, 5) is 16.6. The highest BCUT2D eigenvalue weighted by Gasteiger charge is 2.32. The molecule has 3 aromatic rings. The van der Waals surface area contributed by atoms with Crippen LogP contribution in [0.2, 0.25) is 0 Å². The molecule has 170 valence electrons. The molecule has 0 radical (unpaired) electrons. The number of piperidine rings is 1. The Morgan fingerprint density at radius 1 is 1.00 bits per heavy atom. The predicted octanol–water partition coefficient (Wildman–Crippen LogP) is 3.04. The monoisotopic (exact) mass is 512 g/mol. The highest BCUT2D eigenvalue weighted by atomic mass is 32.2. The Bertz CT molecular complexity index is 1260. The van der Waals surface area contributed by atoms with Gasteiger partial charge in [-0.2, -0.15) is 4.31 Å². The zero-order chi connectivity index (χ0) is 22.8. The lowest BCUT2D eigenvalue weighted by Gasteiger charge is -2.30. The Labute approximate surface area is 194 Å². The van der Waals surface area contributed by atoms with Gasteiger partial charge in [-0.05, 0) is 48.6 Å². The number of carbonyl (C=O) groups is 1. The minimum absolute atomic E-state index is 0.0535. The van der Waals surface area contributed by atoms with E-state index in [1.807, 2.05) is 0 Å². The summed E-state index contributed by atoms with van der Waals surface area (Å²) in [6.45, 7) is 0.551. The molecule has 0 spiro atoms. The molecule has 9 nitrogen and oxygen atoms in total. The van der Waals surface area contributed by atoms with E-state index in [0.717, 1.165) is 0 Å². The molecule has 13 heteroatoms. The molecule has 1 fully saturated rings. The maximum absolute atomic E-state index is 12.6. The number of aromatic nitrogens is 1. The zero-order valence-corrected chi connectivity index (χ0v) is 19.9. The van der Waals surface area contributed by atoms with Gasteiger partial charge in [-0.3, -0.25) is 9.52 Å². The Morgan fingerprint density at radius 3 is 2.31 bits per heavy atom. The third kappa shape index (κ3) is 5.02. The van der Waals surface area contributed by atoms with E-state index < -0.39 is 20.0 Å². The third-order valence-corrected chi connectivity index (χ3v) is 10.4. The summed E-state index contributed by atoms with van der Waals surface area (Å²) in [5.41, 5.74) is 0.469. The van der Waals surface area contributed by atoms with E-state index in [9.17, 15) is 21.6 Å². The van der Waals surface area contributed by atoms with Crippen LogP contribution < -0.4 is 10.0 Å². The Balaban J connectivity index is 1.34. The number of anilines is 2. The largest absolute Gasteiger partial charge is 0.326 e. The van der Waals surface area contributed by atoms with Crippen LogP contribution in [-0.4, -0.2) is 45.1 Å². The van der Waals surface area contributed by atoms with Crippen molar-refractivity contribution in [1.82, 2.24) is 9.29 Å². The van der Waals surface area contributed by atoms with Crippen LogP contribution in [0, 0.1) is 5.92 Å². The number of sulfonamides is 2. The first kappa shape index (κ1) is 22.9. The van der Waals surface area contributed by atoms with Gasteiger partial charge in [0.15, 0.2) is 5.13 Å². The predicted molar refractivity (Wildman–Crippen MR) is 124 cm³/mol. The number of nitrogens with zero attached hydrogens (tertiary/aromatic N) is 2. The fraction of sp³-hybridized carbons (Fsp3) is 0.263. The number of carbonyl (C=O) groups excluding carboxylic acids is 1. The van der Waals surface area contributed by atoms with E-state index in [1.165, 1.54) is 57.4 Å². The highest BCUT2D eigenvalue weighted by molar-refractivity contribution is 7.93. The maximum atomic E-state index is 12.6. The molecule has 1 saturated heterocycles. The molecule has 0 bridgehead atoms. The molecule has 4 rings (SSSR count). The van der Waals surface area contributed by atoms with Crippen molar-refractivity contribution in [2.75, 3.05) is 23.1 Å². The minimum Gasteiger partial charge on any atom is -0.326 e.